The lowest BCUT2D eigenvalue weighted by atomic mass is 9.46. The summed E-state index contributed by atoms with van der Waals surface area (Å²) in [6, 6.07) is 0. The first-order valence-electron chi connectivity index (χ1n) is 9.89. The summed E-state index contributed by atoms with van der Waals surface area (Å²) < 4.78 is 0. The van der Waals surface area contributed by atoms with Crippen molar-refractivity contribution in [2.75, 3.05) is 0 Å². The third kappa shape index (κ3) is 2.08. The molecule has 0 aromatic carbocycles. The van der Waals surface area contributed by atoms with E-state index in [9.17, 15) is 24.9 Å². The Kier molecular flexibility index (Phi) is 3.87. The maximum atomic E-state index is 12.9. The average molecular weight is 362 g/mol. The lowest BCUT2D eigenvalue weighted by Gasteiger charge is -2.59. The lowest BCUT2D eigenvalue weighted by molar-refractivity contribution is -0.153. The number of aliphatic hydroxyl groups is 3. The van der Waals surface area contributed by atoms with E-state index in [1.165, 1.54) is 0 Å². The number of hydrogen-bond acceptors (Lipinski definition) is 5. The van der Waals surface area contributed by atoms with Gasteiger partial charge in [0.05, 0.1) is 17.8 Å². The standard InChI is InChI=1S/C21H30O5/c1-11(22)12-5-7-21(26)14-8-16(23)15-9-17(24)18(25)10-19(15,2)13(14)4-6-20(12,21)3/h8,12-13,15,17-18,24-26H,4-7,9-10H2,1-3H3/t12-,13?,15?,17-,18+,19-,20-,21-/m1/s1. The van der Waals surface area contributed by atoms with Crippen LogP contribution in [-0.4, -0.2) is 44.7 Å². The smallest absolute Gasteiger partial charge is 0.159 e. The van der Waals surface area contributed by atoms with Gasteiger partial charge in [0.2, 0.25) is 0 Å². The molecule has 3 fully saturated rings. The fourth-order valence-electron chi connectivity index (χ4n) is 7.02. The van der Waals surface area contributed by atoms with Crippen LogP contribution in [0.4, 0.5) is 0 Å². The van der Waals surface area contributed by atoms with Crippen LogP contribution in [0.25, 0.3) is 0 Å². The van der Waals surface area contributed by atoms with Gasteiger partial charge in [-0.25, -0.2) is 0 Å². The molecule has 0 spiro atoms. The molecular formula is C21H30O5. The van der Waals surface area contributed by atoms with Gasteiger partial charge in [0.25, 0.3) is 0 Å². The molecule has 8 atom stereocenters. The summed E-state index contributed by atoms with van der Waals surface area (Å²) >= 11 is 0. The monoisotopic (exact) mass is 362 g/mol. The molecule has 0 saturated heterocycles. The van der Waals surface area contributed by atoms with Crippen LogP contribution in [-0.2, 0) is 9.59 Å². The van der Waals surface area contributed by atoms with E-state index in [2.05, 4.69) is 0 Å². The summed E-state index contributed by atoms with van der Waals surface area (Å²) in [5, 5.41) is 32.1. The van der Waals surface area contributed by atoms with E-state index in [0.717, 1.165) is 18.4 Å². The number of allylic oxidation sites excluding steroid dienone is 1. The van der Waals surface area contributed by atoms with Gasteiger partial charge in [-0.15, -0.1) is 0 Å². The zero-order valence-electron chi connectivity index (χ0n) is 15.9. The second-order valence-electron chi connectivity index (χ2n) is 9.71. The molecule has 0 aromatic rings. The summed E-state index contributed by atoms with van der Waals surface area (Å²) in [5.74, 6) is -0.406. The maximum absolute atomic E-state index is 12.9. The third-order valence-corrected chi connectivity index (χ3v) is 8.61. The van der Waals surface area contributed by atoms with Gasteiger partial charge in [-0.2, -0.15) is 0 Å². The number of Topliss-reactive ketones (excluding diaryl/α,β-unsaturated/α-hetero) is 1. The van der Waals surface area contributed by atoms with Crippen LogP contribution in [0.2, 0.25) is 0 Å². The molecule has 0 radical (unpaired) electrons. The number of carbonyl (C=O) groups excluding carboxylic acids is 2. The van der Waals surface area contributed by atoms with Crippen molar-refractivity contribution >= 4 is 11.6 Å². The SMILES string of the molecule is CC(=O)[C@H]1CC[C@@]2(O)C3=CC(=O)C4C[C@@H](O)[C@@H](O)C[C@]4(C)C3CC[C@]12C. The first kappa shape index (κ1) is 18.3. The number of carbonyl (C=O) groups is 2. The van der Waals surface area contributed by atoms with Crippen molar-refractivity contribution in [2.24, 2.45) is 28.6 Å². The highest BCUT2D eigenvalue weighted by Crippen LogP contribution is 2.67. The molecule has 144 valence electrons. The van der Waals surface area contributed by atoms with Crippen molar-refractivity contribution < 1.29 is 24.9 Å². The fourth-order valence-corrected chi connectivity index (χ4v) is 7.02. The number of aliphatic hydroxyl groups excluding tert-OH is 2. The van der Waals surface area contributed by atoms with E-state index < -0.39 is 28.6 Å². The van der Waals surface area contributed by atoms with Crippen molar-refractivity contribution in [3.63, 3.8) is 0 Å². The molecule has 0 aromatic heterocycles. The van der Waals surface area contributed by atoms with E-state index >= 15 is 0 Å². The Morgan fingerprint density at radius 1 is 1.12 bits per heavy atom. The number of rotatable bonds is 1. The molecule has 5 heteroatoms. The van der Waals surface area contributed by atoms with Crippen molar-refractivity contribution in [1.82, 2.24) is 0 Å². The largest absolute Gasteiger partial charge is 0.390 e. The zero-order chi connectivity index (χ0) is 19.1. The molecule has 0 bridgehead atoms. The quantitative estimate of drug-likeness (QED) is 0.661. The van der Waals surface area contributed by atoms with Crippen molar-refractivity contribution in [3.05, 3.63) is 11.6 Å². The predicted molar refractivity (Wildman–Crippen MR) is 95.1 cm³/mol. The van der Waals surface area contributed by atoms with Crippen molar-refractivity contribution in [1.29, 1.82) is 0 Å². The molecule has 4 rings (SSSR count). The highest BCUT2D eigenvalue weighted by Gasteiger charge is 2.67. The van der Waals surface area contributed by atoms with E-state index in [-0.39, 0.29) is 35.7 Å². The Hall–Kier alpha value is -1.04. The molecule has 26 heavy (non-hydrogen) atoms. The molecule has 3 N–H and O–H groups in total. The fraction of sp³-hybridized carbons (Fsp3) is 0.810. The summed E-state index contributed by atoms with van der Waals surface area (Å²) in [7, 11) is 0. The molecule has 0 heterocycles. The Balaban J connectivity index is 1.80. The highest BCUT2D eigenvalue weighted by atomic mass is 16.3. The predicted octanol–water partition coefficient (Wildman–Crippen LogP) is 1.78. The third-order valence-electron chi connectivity index (χ3n) is 8.61. The molecule has 5 nitrogen and oxygen atoms in total. The molecule has 0 aliphatic heterocycles. The van der Waals surface area contributed by atoms with Gasteiger partial charge >= 0.3 is 0 Å². The maximum Gasteiger partial charge on any atom is 0.159 e. The van der Waals surface area contributed by atoms with Crippen LogP contribution in [0.5, 0.6) is 0 Å². The minimum Gasteiger partial charge on any atom is -0.390 e. The van der Waals surface area contributed by atoms with Crippen LogP contribution in [0.15, 0.2) is 11.6 Å². The van der Waals surface area contributed by atoms with Crippen LogP contribution < -0.4 is 0 Å². The normalized spacial score (nSPS) is 53.4. The van der Waals surface area contributed by atoms with Gasteiger partial charge in [0.1, 0.15) is 5.78 Å². The number of hydrogen-bond donors (Lipinski definition) is 3. The van der Waals surface area contributed by atoms with Gasteiger partial charge in [-0.05, 0) is 68.4 Å². The second kappa shape index (κ2) is 5.49. The van der Waals surface area contributed by atoms with E-state index in [0.29, 0.717) is 19.3 Å². The van der Waals surface area contributed by atoms with Gasteiger partial charge in [-0.1, -0.05) is 13.8 Å². The van der Waals surface area contributed by atoms with Crippen molar-refractivity contribution in [2.45, 2.75) is 77.1 Å². The van der Waals surface area contributed by atoms with Crippen LogP contribution in [0, 0.1) is 28.6 Å². The summed E-state index contributed by atoms with van der Waals surface area (Å²) in [5.41, 5.74) is -1.33. The van der Waals surface area contributed by atoms with Gasteiger partial charge < -0.3 is 15.3 Å². The zero-order valence-corrected chi connectivity index (χ0v) is 15.9. The van der Waals surface area contributed by atoms with E-state index in [1.54, 1.807) is 13.0 Å². The Morgan fingerprint density at radius 3 is 2.46 bits per heavy atom. The Bertz CT molecular complexity index is 699. The van der Waals surface area contributed by atoms with Crippen LogP contribution in [0.1, 0.15) is 59.3 Å². The average Bonchev–Trinajstić information content (AvgIpc) is 2.83. The van der Waals surface area contributed by atoms with Crippen LogP contribution >= 0.6 is 0 Å². The second-order valence-corrected chi connectivity index (χ2v) is 9.71. The lowest BCUT2D eigenvalue weighted by Crippen LogP contribution is -2.60. The first-order valence-corrected chi connectivity index (χ1v) is 9.89. The number of fused-ring (bicyclic) bond motifs is 5. The van der Waals surface area contributed by atoms with Gasteiger partial charge in [0, 0.05) is 17.3 Å². The van der Waals surface area contributed by atoms with Gasteiger partial charge in [-0.3, -0.25) is 9.59 Å². The molecule has 4 aliphatic rings. The molecule has 4 aliphatic carbocycles. The highest BCUT2D eigenvalue weighted by molar-refractivity contribution is 5.95. The minimum absolute atomic E-state index is 0.0103. The first-order chi connectivity index (χ1) is 12.0. The summed E-state index contributed by atoms with van der Waals surface area (Å²) in [6.45, 7) is 5.64. The molecule has 0 amide bonds. The Labute approximate surface area is 154 Å². The van der Waals surface area contributed by atoms with Crippen LogP contribution in [0.3, 0.4) is 0 Å². The minimum atomic E-state index is -1.13. The van der Waals surface area contributed by atoms with Gasteiger partial charge in [0.15, 0.2) is 5.78 Å². The van der Waals surface area contributed by atoms with E-state index in [1.807, 2.05) is 13.8 Å². The van der Waals surface area contributed by atoms with E-state index in [4.69, 9.17) is 0 Å². The topological polar surface area (TPSA) is 94.8 Å². The number of ketones is 2. The molecule has 2 unspecified atom stereocenters. The molecular weight excluding hydrogens is 332 g/mol. The summed E-state index contributed by atoms with van der Waals surface area (Å²) in [4.78, 5) is 25.1. The van der Waals surface area contributed by atoms with Crippen molar-refractivity contribution in [3.8, 4) is 0 Å². The Morgan fingerprint density at radius 2 is 1.81 bits per heavy atom. The molecule has 3 saturated carbocycles. The summed E-state index contributed by atoms with van der Waals surface area (Å²) in [6.07, 6.45) is 3.29.